The first-order valence-corrected chi connectivity index (χ1v) is 7.24. The maximum Gasteiger partial charge on any atom is 0.419 e. The van der Waals surface area contributed by atoms with Gasteiger partial charge in [0, 0.05) is 12.0 Å². The molecule has 0 unspecified atom stereocenters. The molecule has 0 radical (unpaired) electrons. The number of fused-ring (bicyclic) bond motifs is 2. The molecule has 1 saturated heterocycles. The number of methoxy groups -OCH3 is 1. The summed E-state index contributed by atoms with van der Waals surface area (Å²) in [7, 11) is -3.41. The number of esters is 1. The van der Waals surface area contributed by atoms with Crippen LogP contribution in [0.2, 0.25) is 0 Å². The highest BCUT2D eigenvalue weighted by Crippen LogP contribution is 2.54. The van der Waals surface area contributed by atoms with Crippen molar-refractivity contribution in [2.45, 2.75) is 24.2 Å². The van der Waals surface area contributed by atoms with E-state index in [1.807, 2.05) is 0 Å². The summed E-state index contributed by atoms with van der Waals surface area (Å²) in [6.45, 7) is 0. The van der Waals surface area contributed by atoms with Crippen LogP contribution in [0.5, 0.6) is 0 Å². The summed E-state index contributed by atoms with van der Waals surface area (Å²) >= 11 is 0. The van der Waals surface area contributed by atoms with Crippen LogP contribution in [0.1, 0.15) is 6.42 Å². The Bertz CT molecular complexity index is 541. The topological polar surface area (TPSA) is 63.7 Å². The fourth-order valence-corrected chi connectivity index (χ4v) is 4.43. The molecule has 2 rings (SSSR count). The summed E-state index contributed by atoms with van der Waals surface area (Å²) in [6.07, 6.45) is -1.85. The third kappa shape index (κ3) is 1.71. The lowest BCUT2D eigenvalue weighted by molar-refractivity contribution is -0.230. The van der Waals surface area contributed by atoms with Gasteiger partial charge in [-0.2, -0.15) is 17.5 Å². The lowest BCUT2D eigenvalue weighted by atomic mass is 9.85. The second-order valence-electron chi connectivity index (χ2n) is 4.61. The molecule has 1 heterocycles. The van der Waals surface area contributed by atoms with Gasteiger partial charge in [0.05, 0.1) is 13.4 Å². The number of hydrogen-bond donors (Lipinski definition) is 0. The van der Waals surface area contributed by atoms with Gasteiger partial charge in [-0.3, -0.25) is 0 Å². The van der Waals surface area contributed by atoms with E-state index in [0.717, 1.165) is 7.11 Å². The molecular formula is C10H12F3NO4S. The van der Waals surface area contributed by atoms with Gasteiger partial charge in [-0.15, -0.1) is 0 Å². The summed E-state index contributed by atoms with van der Waals surface area (Å²) in [4.78, 5) is 11.7. The summed E-state index contributed by atoms with van der Waals surface area (Å²) < 4.78 is 68.2. The Balaban J connectivity index is 2.71. The third-order valence-electron chi connectivity index (χ3n) is 3.53. The zero-order valence-electron chi connectivity index (χ0n) is 10.1. The molecule has 2 aliphatic rings. The van der Waals surface area contributed by atoms with Crippen molar-refractivity contribution in [2.75, 3.05) is 13.4 Å². The molecule has 0 amide bonds. The van der Waals surface area contributed by atoms with Crippen LogP contribution >= 0.6 is 0 Å². The van der Waals surface area contributed by atoms with Gasteiger partial charge in [0.25, 0.3) is 0 Å². The van der Waals surface area contributed by atoms with E-state index >= 15 is 0 Å². The molecule has 0 aromatic carbocycles. The van der Waals surface area contributed by atoms with Crippen molar-refractivity contribution >= 4 is 16.0 Å². The van der Waals surface area contributed by atoms with Crippen molar-refractivity contribution in [3.63, 3.8) is 0 Å². The van der Waals surface area contributed by atoms with Crippen molar-refractivity contribution < 1.29 is 31.1 Å². The second kappa shape index (κ2) is 3.95. The third-order valence-corrected chi connectivity index (χ3v) is 4.81. The van der Waals surface area contributed by atoms with Crippen molar-refractivity contribution in [1.29, 1.82) is 0 Å². The first kappa shape index (κ1) is 14.3. The lowest BCUT2D eigenvalue weighted by Crippen LogP contribution is -2.67. The lowest BCUT2D eigenvalue weighted by Gasteiger charge is -2.41. The minimum atomic E-state index is -5.05. The quantitative estimate of drug-likeness (QED) is 0.555. The molecule has 2 bridgehead atoms. The minimum Gasteiger partial charge on any atom is -0.467 e. The molecule has 3 atom stereocenters. The van der Waals surface area contributed by atoms with Crippen LogP contribution in [-0.4, -0.2) is 49.8 Å². The molecule has 19 heavy (non-hydrogen) atoms. The van der Waals surface area contributed by atoms with Gasteiger partial charge < -0.3 is 4.74 Å². The molecular weight excluding hydrogens is 287 g/mol. The molecule has 1 aliphatic heterocycles. The van der Waals surface area contributed by atoms with E-state index < -0.39 is 39.7 Å². The van der Waals surface area contributed by atoms with Gasteiger partial charge in [-0.05, 0) is 6.42 Å². The average molecular weight is 299 g/mol. The number of alkyl halides is 3. The fraction of sp³-hybridized carbons (Fsp3) is 0.700. The Morgan fingerprint density at radius 3 is 2.42 bits per heavy atom. The standard InChI is InChI=1S/C10H12F3NO4S/c1-18-8(15)9(10(11,12)13)6-3-4-7(5-6)14(9)19(2,16)17/h3-4,6-7H,5H2,1-2H3/t6-,7+,9+/m1/s1. The van der Waals surface area contributed by atoms with Crippen molar-refractivity contribution in [3.8, 4) is 0 Å². The minimum absolute atomic E-state index is 0.0678. The number of halogens is 3. The molecule has 108 valence electrons. The maximum atomic E-state index is 13.5. The van der Waals surface area contributed by atoms with E-state index in [1.165, 1.54) is 12.2 Å². The van der Waals surface area contributed by atoms with Crippen LogP contribution in [-0.2, 0) is 19.6 Å². The van der Waals surface area contributed by atoms with Crippen LogP contribution in [0.15, 0.2) is 12.2 Å². The number of carbonyl (C=O) groups is 1. The summed E-state index contributed by atoms with van der Waals surface area (Å²) in [5.41, 5.74) is -3.14. The van der Waals surface area contributed by atoms with E-state index in [-0.39, 0.29) is 10.7 Å². The van der Waals surface area contributed by atoms with Crippen molar-refractivity contribution in [2.24, 2.45) is 5.92 Å². The monoisotopic (exact) mass is 299 g/mol. The van der Waals surface area contributed by atoms with E-state index in [2.05, 4.69) is 4.74 Å². The molecule has 0 spiro atoms. The largest absolute Gasteiger partial charge is 0.467 e. The highest BCUT2D eigenvalue weighted by molar-refractivity contribution is 7.88. The summed E-state index contributed by atoms with van der Waals surface area (Å²) in [5, 5.41) is 0. The highest BCUT2D eigenvalue weighted by atomic mass is 32.2. The Morgan fingerprint density at radius 1 is 1.42 bits per heavy atom. The zero-order valence-corrected chi connectivity index (χ0v) is 11.0. The Hall–Kier alpha value is -1.09. The van der Waals surface area contributed by atoms with Crippen LogP contribution in [0.4, 0.5) is 13.2 Å². The number of sulfonamides is 1. The van der Waals surface area contributed by atoms with Crippen molar-refractivity contribution in [3.05, 3.63) is 12.2 Å². The Kier molecular flexibility index (Phi) is 2.98. The predicted octanol–water partition coefficient (Wildman–Crippen LogP) is 0.680. The molecule has 0 aromatic heterocycles. The first-order valence-electron chi connectivity index (χ1n) is 5.39. The SMILES string of the molecule is COC(=O)[C@]1(C(F)(F)F)[C@@H]2C=C[C@@H](C2)N1S(C)(=O)=O. The van der Waals surface area contributed by atoms with Gasteiger partial charge in [-0.25, -0.2) is 13.2 Å². The maximum absolute atomic E-state index is 13.5. The average Bonchev–Trinajstić information content (AvgIpc) is 2.83. The highest BCUT2D eigenvalue weighted by Gasteiger charge is 2.76. The molecule has 0 N–H and O–H groups in total. The van der Waals surface area contributed by atoms with Crippen molar-refractivity contribution in [1.82, 2.24) is 4.31 Å². The van der Waals surface area contributed by atoms with Crippen LogP contribution < -0.4 is 0 Å². The van der Waals surface area contributed by atoms with Gasteiger partial charge in [0.2, 0.25) is 15.6 Å². The smallest absolute Gasteiger partial charge is 0.419 e. The molecule has 0 saturated carbocycles. The summed E-state index contributed by atoms with van der Waals surface area (Å²) in [6, 6.07) is -0.958. The number of nitrogens with zero attached hydrogens (tertiary/aromatic N) is 1. The molecule has 5 nitrogen and oxygen atoms in total. The Morgan fingerprint density at radius 2 is 2.00 bits per heavy atom. The van der Waals surface area contributed by atoms with Gasteiger partial charge in [-0.1, -0.05) is 12.2 Å². The van der Waals surface area contributed by atoms with Crippen LogP contribution in [0.25, 0.3) is 0 Å². The van der Waals surface area contributed by atoms with E-state index in [0.29, 0.717) is 6.26 Å². The molecule has 1 aliphatic carbocycles. The number of rotatable bonds is 2. The molecule has 9 heteroatoms. The zero-order chi connectivity index (χ0) is 14.6. The fourth-order valence-electron chi connectivity index (χ4n) is 2.94. The van der Waals surface area contributed by atoms with E-state index in [1.54, 1.807) is 0 Å². The van der Waals surface area contributed by atoms with E-state index in [9.17, 15) is 26.4 Å². The van der Waals surface area contributed by atoms with Gasteiger partial charge in [0.15, 0.2) is 0 Å². The predicted molar refractivity (Wildman–Crippen MR) is 58.5 cm³/mol. The number of carbonyl (C=O) groups excluding carboxylic acids is 1. The van der Waals surface area contributed by atoms with Gasteiger partial charge in [0.1, 0.15) is 0 Å². The molecule has 0 aromatic rings. The molecule has 1 fully saturated rings. The number of hydrogen-bond acceptors (Lipinski definition) is 4. The first-order chi connectivity index (χ1) is 8.56. The van der Waals surface area contributed by atoms with Crippen LogP contribution in [0, 0.1) is 5.92 Å². The summed E-state index contributed by atoms with van der Waals surface area (Å²) in [5.74, 6) is -2.85. The normalized spacial score (nSPS) is 34.8. The second-order valence-corrected chi connectivity index (χ2v) is 6.47. The van der Waals surface area contributed by atoms with Crippen LogP contribution in [0.3, 0.4) is 0 Å². The Labute approximate surface area is 108 Å². The number of ether oxygens (including phenoxy) is 1. The van der Waals surface area contributed by atoms with Gasteiger partial charge >= 0.3 is 12.1 Å². The van der Waals surface area contributed by atoms with E-state index in [4.69, 9.17) is 0 Å².